The number of aromatic nitrogens is 1. The first kappa shape index (κ1) is 19.7. The van der Waals surface area contributed by atoms with Crippen LogP contribution in [0.5, 0.6) is 5.75 Å². The van der Waals surface area contributed by atoms with Gasteiger partial charge >= 0.3 is 0 Å². The maximum atomic E-state index is 12.9. The number of methoxy groups -OCH3 is 1. The quantitative estimate of drug-likeness (QED) is 0.706. The van der Waals surface area contributed by atoms with Crippen molar-refractivity contribution in [2.24, 2.45) is 0 Å². The first-order valence-electron chi connectivity index (χ1n) is 10.4. The van der Waals surface area contributed by atoms with E-state index in [1.54, 1.807) is 19.2 Å². The van der Waals surface area contributed by atoms with Gasteiger partial charge in [0.05, 0.1) is 19.2 Å². The van der Waals surface area contributed by atoms with Gasteiger partial charge in [0.2, 0.25) is 0 Å². The molecule has 1 saturated carbocycles. The molecule has 1 aliphatic carbocycles. The number of amides is 1. The summed E-state index contributed by atoms with van der Waals surface area (Å²) in [6.45, 7) is 7.19. The van der Waals surface area contributed by atoms with E-state index in [9.17, 15) is 9.59 Å². The topological polar surface area (TPSA) is 54.8 Å². The minimum absolute atomic E-state index is 0.0126. The number of ketones is 1. The number of Topliss-reactive ketones (excluding diaryl/α,β-unsaturated/α-hetero) is 1. The highest BCUT2D eigenvalue weighted by atomic mass is 16.5. The van der Waals surface area contributed by atoms with Crippen LogP contribution in [0.2, 0.25) is 0 Å². The molecule has 0 radical (unpaired) electrons. The Morgan fingerprint density at radius 3 is 2.38 bits per heavy atom. The first-order valence-corrected chi connectivity index (χ1v) is 10.4. The third-order valence-corrected chi connectivity index (χ3v) is 6.06. The van der Waals surface area contributed by atoms with E-state index in [-0.39, 0.29) is 11.7 Å². The fourth-order valence-electron chi connectivity index (χ4n) is 4.34. The molecule has 2 aliphatic rings. The third kappa shape index (κ3) is 3.94. The zero-order valence-corrected chi connectivity index (χ0v) is 17.5. The molecule has 0 bridgehead atoms. The SMILES string of the molecule is COc1ccccc1C(=O)N1CCN(CC(=O)c2cc(C)n(C3CC3)c2C)CC1. The van der Waals surface area contributed by atoms with Crippen LogP contribution in [-0.2, 0) is 0 Å². The summed E-state index contributed by atoms with van der Waals surface area (Å²) in [7, 11) is 1.58. The molecular formula is C23H29N3O3. The molecule has 0 atom stereocenters. The Bertz CT molecular complexity index is 921. The van der Waals surface area contributed by atoms with E-state index in [1.807, 2.05) is 23.1 Å². The lowest BCUT2D eigenvalue weighted by Gasteiger charge is -2.34. The van der Waals surface area contributed by atoms with E-state index >= 15 is 0 Å². The van der Waals surface area contributed by atoms with E-state index in [0.29, 0.717) is 50.1 Å². The summed E-state index contributed by atoms with van der Waals surface area (Å²) in [5, 5.41) is 0. The van der Waals surface area contributed by atoms with Crippen molar-refractivity contribution in [1.82, 2.24) is 14.4 Å². The van der Waals surface area contributed by atoms with Crippen LogP contribution in [0.3, 0.4) is 0 Å². The van der Waals surface area contributed by atoms with E-state index in [0.717, 1.165) is 11.3 Å². The number of aryl methyl sites for hydroxylation is 1. The van der Waals surface area contributed by atoms with Crippen molar-refractivity contribution in [2.45, 2.75) is 32.7 Å². The Kier molecular flexibility index (Phi) is 5.46. The molecule has 0 unspecified atom stereocenters. The number of hydrogen-bond acceptors (Lipinski definition) is 4. The monoisotopic (exact) mass is 395 g/mol. The number of carbonyl (C=O) groups is 2. The molecule has 0 spiro atoms. The van der Waals surface area contributed by atoms with Crippen molar-refractivity contribution < 1.29 is 14.3 Å². The number of benzene rings is 1. The molecule has 2 heterocycles. The van der Waals surface area contributed by atoms with Crippen molar-refractivity contribution in [2.75, 3.05) is 39.8 Å². The average Bonchev–Trinajstić information content (AvgIpc) is 3.52. The lowest BCUT2D eigenvalue weighted by Crippen LogP contribution is -2.50. The Morgan fingerprint density at radius 2 is 1.72 bits per heavy atom. The van der Waals surface area contributed by atoms with Gasteiger partial charge in [0.25, 0.3) is 5.91 Å². The summed E-state index contributed by atoms with van der Waals surface area (Å²) >= 11 is 0. The van der Waals surface area contributed by atoms with E-state index in [2.05, 4.69) is 23.3 Å². The fourth-order valence-corrected chi connectivity index (χ4v) is 4.34. The summed E-state index contributed by atoms with van der Waals surface area (Å²) in [6, 6.07) is 9.94. The van der Waals surface area contributed by atoms with E-state index in [1.165, 1.54) is 18.5 Å². The van der Waals surface area contributed by atoms with Crippen molar-refractivity contribution in [3.05, 3.63) is 52.8 Å². The summed E-state index contributed by atoms with van der Waals surface area (Å²) in [6.07, 6.45) is 2.43. The van der Waals surface area contributed by atoms with E-state index < -0.39 is 0 Å². The Morgan fingerprint density at radius 1 is 1.03 bits per heavy atom. The molecule has 6 nitrogen and oxygen atoms in total. The predicted octanol–water partition coefficient (Wildman–Crippen LogP) is 3.09. The minimum Gasteiger partial charge on any atom is -0.496 e. The summed E-state index contributed by atoms with van der Waals surface area (Å²) in [4.78, 5) is 29.7. The molecule has 1 saturated heterocycles. The molecule has 2 fully saturated rings. The molecule has 4 rings (SSSR count). The molecule has 29 heavy (non-hydrogen) atoms. The van der Waals surface area contributed by atoms with Crippen molar-refractivity contribution >= 4 is 11.7 Å². The predicted molar refractivity (Wildman–Crippen MR) is 112 cm³/mol. The highest BCUT2D eigenvalue weighted by molar-refractivity contribution is 5.99. The lowest BCUT2D eigenvalue weighted by atomic mass is 10.1. The second-order valence-electron chi connectivity index (χ2n) is 8.08. The largest absolute Gasteiger partial charge is 0.496 e. The van der Waals surface area contributed by atoms with Crippen molar-refractivity contribution in [3.8, 4) is 5.75 Å². The molecule has 1 aromatic heterocycles. The van der Waals surface area contributed by atoms with Crippen LogP contribution in [0.15, 0.2) is 30.3 Å². The third-order valence-electron chi connectivity index (χ3n) is 6.06. The number of para-hydroxylation sites is 1. The number of nitrogens with zero attached hydrogens (tertiary/aromatic N) is 3. The van der Waals surface area contributed by atoms with Crippen LogP contribution >= 0.6 is 0 Å². The number of ether oxygens (including phenoxy) is 1. The van der Waals surface area contributed by atoms with Crippen LogP contribution in [-0.4, -0.2) is 65.9 Å². The molecule has 1 amide bonds. The smallest absolute Gasteiger partial charge is 0.257 e. The Labute approximate surface area is 172 Å². The van der Waals surface area contributed by atoms with Crippen LogP contribution in [0, 0.1) is 13.8 Å². The molecule has 6 heteroatoms. The van der Waals surface area contributed by atoms with Gasteiger partial charge in [-0.2, -0.15) is 0 Å². The standard InChI is InChI=1S/C23H29N3O3/c1-16-14-20(17(2)26(16)18-8-9-18)21(27)15-24-10-12-25(13-11-24)23(28)19-6-4-5-7-22(19)29-3/h4-7,14,18H,8-13,15H2,1-3H3. The van der Waals surface area contributed by atoms with Crippen molar-refractivity contribution in [1.29, 1.82) is 0 Å². The van der Waals surface area contributed by atoms with Gasteiger partial charge in [-0.15, -0.1) is 0 Å². The van der Waals surface area contributed by atoms with Gasteiger partial charge in [0.15, 0.2) is 5.78 Å². The zero-order valence-electron chi connectivity index (χ0n) is 17.5. The average molecular weight is 396 g/mol. The zero-order chi connectivity index (χ0) is 20.5. The number of hydrogen-bond donors (Lipinski definition) is 0. The second-order valence-corrected chi connectivity index (χ2v) is 8.08. The highest BCUT2D eigenvalue weighted by Crippen LogP contribution is 2.38. The lowest BCUT2D eigenvalue weighted by molar-refractivity contribution is 0.0621. The van der Waals surface area contributed by atoms with Gasteiger partial charge in [-0.3, -0.25) is 14.5 Å². The van der Waals surface area contributed by atoms with Crippen molar-refractivity contribution in [3.63, 3.8) is 0 Å². The van der Waals surface area contributed by atoms with Gasteiger partial charge in [0, 0.05) is 49.2 Å². The summed E-state index contributed by atoms with van der Waals surface area (Å²) < 4.78 is 7.64. The number of piperazine rings is 1. The van der Waals surface area contributed by atoms with Crippen LogP contribution in [0.25, 0.3) is 0 Å². The second kappa shape index (κ2) is 8.03. The Hall–Kier alpha value is -2.60. The summed E-state index contributed by atoms with van der Waals surface area (Å²) in [5.74, 6) is 0.761. The molecule has 0 N–H and O–H groups in total. The molecule has 1 aromatic carbocycles. The van der Waals surface area contributed by atoms with Crippen LogP contribution in [0.4, 0.5) is 0 Å². The van der Waals surface area contributed by atoms with Gasteiger partial charge in [-0.25, -0.2) is 0 Å². The molecule has 154 valence electrons. The van der Waals surface area contributed by atoms with Gasteiger partial charge in [-0.05, 0) is 44.9 Å². The number of rotatable bonds is 6. The highest BCUT2D eigenvalue weighted by Gasteiger charge is 2.29. The number of carbonyl (C=O) groups excluding carboxylic acids is 2. The van der Waals surface area contributed by atoms with Gasteiger partial charge < -0.3 is 14.2 Å². The van der Waals surface area contributed by atoms with Gasteiger partial charge in [-0.1, -0.05) is 12.1 Å². The first-order chi connectivity index (χ1) is 14.0. The maximum Gasteiger partial charge on any atom is 0.257 e. The minimum atomic E-state index is -0.0126. The van der Waals surface area contributed by atoms with Crippen LogP contribution in [0.1, 0.15) is 51.0 Å². The molecular weight excluding hydrogens is 366 g/mol. The van der Waals surface area contributed by atoms with E-state index in [4.69, 9.17) is 4.74 Å². The Balaban J connectivity index is 1.36. The fraction of sp³-hybridized carbons (Fsp3) is 0.478. The van der Waals surface area contributed by atoms with Gasteiger partial charge in [0.1, 0.15) is 5.75 Å². The molecule has 1 aliphatic heterocycles. The van der Waals surface area contributed by atoms with Crippen LogP contribution < -0.4 is 4.74 Å². The summed E-state index contributed by atoms with van der Waals surface area (Å²) in [5.41, 5.74) is 3.72. The maximum absolute atomic E-state index is 12.9. The normalized spacial score (nSPS) is 17.4. The molecule has 2 aromatic rings.